The van der Waals surface area contributed by atoms with Gasteiger partial charge in [0.25, 0.3) is 0 Å². The van der Waals surface area contributed by atoms with Gasteiger partial charge in [-0.05, 0) is 39.7 Å². The number of nitrogens with two attached hydrogens (primary N) is 1. The Kier molecular flexibility index (Phi) is 3.51. The zero-order valence-electron chi connectivity index (χ0n) is 8.06. The maximum atomic E-state index is 6.09. The van der Waals surface area contributed by atoms with Crippen LogP contribution >= 0.6 is 27.3 Å². The van der Waals surface area contributed by atoms with Gasteiger partial charge >= 0.3 is 0 Å². The largest absolute Gasteiger partial charge is 0.324 e. The Hall–Kier alpha value is -0.710. The highest BCUT2D eigenvalue weighted by Crippen LogP contribution is 2.25. The molecule has 1 unspecified atom stereocenters. The Labute approximate surface area is 101 Å². The van der Waals surface area contributed by atoms with Crippen LogP contribution in [0.5, 0.6) is 0 Å². The minimum atomic E-state index is 0.0317. The van der Waals surface area contributed by atoms with Crippen LogP contribution < -0.4 is 5.73 Å². The summed E-state index contributed by atoms with van der Waals surface area (Å²) in [7, 11) is 0. The highest BCUT2D eigenvalue weighted by molar-refractivity contribution is 9.11. The number of halogens is 1. The predicted octanol–water partition coefficient (Wildman–Crippen LogP) is 3.15. The highest BCUT2D eigenvalue weighted by Gasteiger charge is 2.08. The zero-order chi connectivity index (χ0) is 10.7. The van der Waals surface area contributed by atoms with E-state index in [2.05, 4.69) is 33.0 Å². The summed E-state index contributed by atoms with van der Waals surface area (Å²) in [5.74, 6) is 0. The van der Waals surface area contributed by atoms with Crippen molar-refractivity contribution in [2.24, 2.45) is 5.73 Å². The van der Waals surface area contributed by atoms with Gasteiger partial charge in [-0.15, -0.1) is 11.3 Å². The number of aromatic nitrogens is 1. The molecule has 2 nitrogen and oxygen atoms in total. The summed E-state index contributed by atoms with van der Waals surface area (Å²) in [5, 5.41) is 0. The van der Waals surface area contributed by atoms with Gasteiger partial charge in [-0.25, -0.2) is 0 Å². The minimum Gasteiger partial charge on any atom is -0.324 e. The topological polar surface area (TPSA) is 38.9 Å². The summed E-state index contributed by atoms with van der Waals surface area (Å²) < 4.78 is 1.15. The highest BCUT2D eigenvalue weighted by atomic mass is 79.9. The van der Waals surface area contributed by atoms with Crippen molar-refractivity contribution in [3.63, 3.8) is 0 Å². The van der Waals surface area contributed by atoms with Gasteiger partial charge < -0.3 is 5.73 Å². The molecule has 0 fully saturated rings. The molecule has 0 aliphatic rings. The molecule has 15 heavy (non-hydrogen) atoms. The molecule has 0 spiro atoms. The van der Waals surface area contributed by atoms with Gasteiger partial charge in [0.15, 0.2) is 0 Å². The molecule has 2 aromatic rings. The van der Waals surface area contributed by atoms with Gasteiger partial charge in [-0.2, -0.15) is 0 Å². The average molecular weight is 283 g/mol. The van der Waals surface area contributed by atoms with Crippen LogP contribution in [0.1, 0.15) is 16.5 Å². The van der Waals surface area contributed by atoms with Crippen LogP contribution in [-0.4, -0.2) is 4.98 Å². The van der Waals surface area contributed by atoms with Crippen LogP contribution in [0.15, 0.2) is 40.4 Å². The van der Waals surface area contributed by atoms with Gasteiger partial charge in [0.2, 0.25) is 0 Å². The van der Waals surface area contributed by atoms with E-state index in [1.165, 1.54) is 4.88 Å². The van der Waals surface area contributed by atoms with Crippen molar-refractivity contribution in [2.75, 3.05) is 0 Å². The average Bonchev–Trinajstić information content (AvgIpc) is 2.65. The molecule has 4 heteroatoms. The van der Waals surface area contributed by atoms with Gasteiger partial charge in [0, 0.05) is 29.7 Å². The van der Waals surface area contributed by atoms with Crippen molar-refractivity contribution in [1.29, 1.82) is 0 Å². The first-order valence-corrected chi connectivity index (χ1v) is 6.26. The van der Waals surface area contributed by atoms with E-state index < -0.39 is 0 Å². The lowest BCUT2D eigenvalue weighted by molar-refractivity contribution is 0.726. The fraction of sp³-hybridized carbons (Fsp3) is 0.182. The normalized spacial score (nSPS) is 12.7. The Balaban J connectivity index is 2.07. The second kappa shape index (κ2) is 4.88. The van der Waals surface area contributed by atoms with E-state index in [9.17, 15) is 0 Å². The maximum absolute atomic E-state index is 6.09. The van der Waals surface area contributed by atoms with Gasteiger partial charge in [0.1, 0.15) is 0 Å². The van der Waals surface area contributed by atoms with Crippen LogP contribution in [-0.2, 0) is 6.42 Å². The summed E-state index contributed by atoms with van der Waals surface area (Å²) in [5.41, 5.74) is 7.17. The summed E-state index contributed by atoms with van der Waals surface area (Å²) in [6.45, 7) is 0. The van der Waals surface area contributed by atoms with Gasteiger partial charge in [-0.3, -0.25) is 4.98 Å². The first kappa shape index (κ1) is 10.8. The second-order valence-corrected chi connectivity index (χ2v) is 5.85. The van der Waals surface area contributed by atoms with E-state index >= 15 is 0 Å². The van der Waals surface area contributed by atoms with Crippen molar-refractivity contribution in [3.8, 4) is 0 Å². The van der Waals surface area contributed by atoms with Gasteiger partial charge in [0.05, 0.1) is 3.79 Å². The molecule has 2 N–H and O–H groups in total. The molecular formula is C11H11BrN2S. The van der Waals surface area contributed by atoms with Crippen molar-refractivity contribution in [2.45, 2.75) is 12.5 Å². The lowest BCUT2D eigenvalue weighted by atomic mass is 10.1. The minimum absolute atomic E-state index is 0.0317. The van der Waals surface area contributed by atoms with Crippen LogP contribution in [0.3, 0.4) is 0 Å². The van der Waals surface area contributed by atoms with E-state index in [4.69, 9.17) is 5.73 Å². The summed E-state index contributed by atoms with van der Waals surface area (Å²) in [6, 6.07) is 8.12. The van der Waals surface area contributed by atoms with E-state index in [0.29, 0.717) is 0 Å². The molecule has 0 aromatic carbocycles. The third-order valence-corrected chi connectivity index (χ3v) is 3.81. The molecule has 0 amide bonds. The van der Waals surface area contributed by atoms with Crippen LogP contribution in [0.4, 0.5) is 0 Å². The fourth-order valence-corrected chi connectivity index (χ4v) is 2.93. The lowest BCUT2D eigenvalue weighted by Crippen LogP contribution is -2.12. The molecule has 0 saturated carbocycles. The maximum Gasteiger partial charge on any atom is 0.0701 e. The monoisotopic (exact) mass is 282 g/mol. The molecule has 0 bridgehead atoms. The van der Waals surface area contributed by atoms with E-state index in [-0.39, 0.29) is 6.04 Å². The summed E-state index contributed by atoms with van der Waals surface area (Å²) >= 11 is 5.17. The Morgan fingerprint density at radius 3 is 2.87 bits per heavy atom. The number of hydrogen-bond acceptors (Lipinski definition) is 3. The third kappa shape index (κ3) is 2.87. The summed E-state index contributed by atoms with van der Waals surface area (Å²) in [4.78, 5) is 5.36. The fourth-order valence-electron chi connectivity index (χ4n) is 1.39. The van der Waals surface area contributed by atoms with E-state index in [0.717, 1.165) is 15.8 Å². The van der Waals surface area contributed by atoms with Crippen molar-refractivity contribution >= 4 is 27.3 Å². The molecule has 0 saturated heterocycles. The Morgan fingerprint density at radius 2 is 2.27 bits per heavy atom. The first-order valence-electron chi connectivity index (χ1n) is 4.65. The molecule has 2 rings (SSSR count). The zero-order valence-corrected chi connectivity index (χ0v) is 10.5. The molecule has 0 aliphatic carbocycles. The number of rotatable bonds is 3. The van der Waals surface area contributed by atoms with Crippen molar-refractivity contribution in [3.05, 3.63) is 50.9 Å². The van der Waals surface area contributed by atoms with Crippen molar-refractivity contribution in [1.82, 2.24) is 4.98 Å². The first-order chi connectivity index (χ1) is 7.25. The van der Waals surface area contributed by atoms with Crippen LogP contribution in [0.25, 0.3) is 0 Å². The molecular weight excluding hydrogens is 272 g/mol. The number of hydrogen-bond donors (Lipinski definition) is 1. The molecule has 1 atom stereocenters. The SMILES string of the molecule is NC(Cc1ccc(Br)s1)c1cccnc1. The summed E-state index contributed by atoms with van der Waals surface area (Å²) in [6.07, 6.45) is 4.45. The molecule has 0 radical (unpaired) electrons. The van der Waals surface area contributed by atoms with E-state index in [1.807, 2.05) is 18.3 Å². The quantitative estimate of drug-likeness (QED) is 0.939. The predicted molar refractivity (Wildman–Crippen MR) is 66.9 cm³/mol. The van der Waals surface area contributed by atoms with Crippen molar-refractivity contribution < 1.29 is 0 Å². The Bertz CT molecular complexity index is 427. The standard InChI is InChI=1S/C11H11BrN2S/c12-11-4-3-9(15-11)6-10(13)8-2-1-5-14-7-8/h1-5,7,10H,6,13H2. The second-order valence-electron chi connectivity index (χ2n) is 3.30. The number of nitrogens with zero attached hydrogens (tertiary/aromatic N) is 1. The Morgan fingerprint density at radius 1 is 1.40 bits per heavy atom. The molecule has 2 aromatic heterocycles. The number of pyridine rings is 1. The lowest BCUT2D eigenvalue weighted by Gasteiger charge is -2.09. The molecule has 2 heterocycles. The molecule has 78 valence electrons. The smallest absolute Gasteiger partial charge is 0.0701 e. The van der Waals surface area contributed by atoms with E-state index in [1.54, 1.807) is 17.5 Å². The van der Waals surface area contributed by atoms with Crippen LogP contribution in [0.2, 0.25) is 0 Å². The molecule has 0 aliphatic heterocycles. The van der Waals surface area contributed by atoms with Crippen LogP contribution in [0, 0.1) is 0 Å². The van der Waals surface area contributed by atoms with Gasteiger partial charge in [-0.1, -0.05) is 6.07 Å². The number of thiophene rings is 1. The third-order valence-electron chi connectivity index (χ3n) is 2.16.